The van der Waals surface area contributed by atoms with E-state index in [0.29, 0.717) is 11.3 Å². The van der Waals surface area contributed by atoms with Gasteiger partial charge in [0, 0.05) is 43.4 Å². The van der Waals surface area contributed by atoms with Crippen LogP contribution in [0.5, 0.6) is 5.75 Å². The average molecular weight is 399 g/mol. The van der Waals surface area contributed by atoms with E-state index in [9.17, 15) is 13.2 Å². The predicted octanol–water partition coefficient (Wildman–Crippen LogP) is 2.99. The largest absolute Gasteiger partial charge is 0.495 e. The number of ether oxygens (including phenoxy) is 1. The van der Waals surface area contributed by atoms with Gasteiger partial charge in [0.1, 0.15) is 10.6 Å². The zero-order valence-electron chi connectivity index (χ0n) is 15.8. The molecule has 146 valence electrons. The Morgan fingerprint density at radius 2 is 1.75 bits per heavy atom. The molecule has 0 aliphatic rings. The average Bonchev–Trinajstić information content (AvgIpc) is 3.22. The number of carbonyl (C=O) groups is 1. The van der Waals surface area contributed by atoms with Gasteiger partial charge in [0.2, 0.25) is 10.0 Å². The summed E-state index contributed by atoms with van der Waals surface area (Å²) in [5, 5.41) is 2.75. The van der Waals surface area contributed by atoms with E-state index >= 15 is 0 Å². The van der Waals surface area contributed by atoms with Crippen molar-refractivity contribution in [1.29, 1.82) is 0 Å². The van der Waals surface area contributed by atoms with Crippen molar-refractivity contribution in [2.45, 2.75) is 4.90 Å². The molecule has 8 heteroatoms. The van der Waals surface area contributed by atoms with Crippen molar-refractivity contribution < 1.29 is 17.9 Å². The number of nitrogens with zero attached hydrogens (tertiary/aromatic N) is 2. The highest BCUT2D eigenvalue weighted by Gasteiger charge is 2.23. The minimum atomic E-state index is -3.73. The molecule has 0 fully saturated rings. The fourth-order valence-electron chi connectivity index (χ4n) is 2.67. The lowest BCUT2D eigenvalue weighted by Gasteiger charge is -2.16. The summed E-state index contributed by atoms with van der Waals surface area (Å²) in [7, 11) is 0.547. The van der Waals surface area contributed by atoms with Crippen molar-refractivity contribution in [2.75, 3.05) is 26.5 Å². The highest BCUT2D eigenvalue weighted by molar-refractivity contribution is 7.89. The molecule has 1 heterocycles. The molecular formula is C20H21N3O4S. The van der Waals surface area contributed by atoms with Crippen molar-refractivity contribution in [3.63, 3.8) is 0 Å². The van der Waals surface area contributed by atoms with Gasteiger partial charge in [-0.25, -0.2) is 12.7 Å². The van der Waals surface area contributed by atoms with E-state index in [4.69, 9.17) is 4.74 Å². The predicted molar refractivity (Wildman–Crippen MR) is 108 cm³/mol. The molecule has 3 rings (SSSR count). The van der Waals surface area contributed by atoms with E-state index in [0.717, 1.165) is 9.99 Å². The van der Waals surface area contributed by atoms with E-state index in [2.05, 4.69) is 5.32 Å². The topological polar surface area (TPSA) is 80.6 Å². The molecule has 1 N–H and O–H groups in total. The van der Waals surface area contributed by atoms with Gasteiger partial charge in [-0.3, -0.25) is 4.79 Å². The van der Waals surface area contributed by atoms with Crippen LogP contribution >= 0.6 is 0 Å². The van der Waals surface area contributed by atoms with Gasteiger partial charge in [0.05, 0.1) is 7.11 Å². The number of methoxy groups -OCH3 is 1. The summed E-state index contributed by atoms with van der Waals surface area (Å²) in [6.07, 6.45) is 3.78. The molecule has 0 unspecified atom stereocenters. The fraction of sp³-hybridized carbons (Fsp3) is 0.150. The van der Waals surface area contributed by atoms with E-state index in [1.54, 1.807) is 24.3 Å². The number of hydrogen-bond donors (Lipinski definition) is 1. The number of aromatic nitrogens is 1. The molecule has 2 aromatic carbocycles. The normalized spacial score (nSPS) is 11.4. The summed E-state index contributed by atoms with van der Waals surface area (Å²) in [6.45, 7) is 0. The molecule has 0 aliphatic carbocycles. The third-order valence-corrected chi connectivity index (χ3v) is 6.03. The molecule has 0 atom stereocenters. The van der Waals surface area contributed by atoms with E-state index < -0.39 is 10.0 Å². The molecule has 28 heavy (non-hydrogen) atoms. The number of amides is 1. The first-order valence-corrected chi connectivity index (χ1v) is 9.92. The maximum atomic E-state index is 12.7. The molecule has 0 saturated heterocycles. The Balaban J connectivity index is 1.90. The molecule has 0 saturated carbocycles. The van der Waals surface area contributed by atoms with Crippen LogP contribution in [0.2, 0.25) is 0 Å². The molecule has 3 aromatic rings. The maximum Gasteiger partial charge on any atom is 0.255 e. The van der Waals surface area contributed by atoms with Gasteiger partial charge in [-0.1, -0.05) is 6.07 Å². The van der Waals surface area contributed by atoms with Crippen LogP contribution in [0, 0.1) is 0 Å². The zero-order valence-corrected chi connectivity index (χ0v) is 16.6. The van der Waals surface area contributed by atoms with E-state index in [1.807, 2.05) is 35.2 Å². The second-order valence-electron chi connectivity index (χ2n) is 6.25. The van der Waals surface area contributed by atoms with Crippen LogP contribution in [0.3, 0.4) is 0 Å². The molecular weight excluding hydrogens is 378 g/mol. The van der Waals surface area contributed by atoms with Crippen LogP contribution < -0.4 is 10.1 Å². The lowest BCUT2D eigenvalue weighted by Crippen LogP contribution is -2.23. The zero-order chi connectivity index (χ0) is 20.3. The third-order valence-electron chi connectivity index (χ3n) is 4.19. The minimum Gasteiger partial charge on any atom is -0.495 e. The quantitative estimate of drug-likeness (QED) is 0.691. The van der Waals surface area contributed by atoms with Crippen molar-refractivity contribution in [2.24, 2.45) is 0 Å². The van der Waals surface area contributed by atoms with Crippen LogP contribution in [-0.4, -0.2) is 44.4 Å². The lowest BCUT2D eigenvalue weighted by molar-refractivity contribution is 0.102. The monoisotopic (exact) mass is 399 g/mol. The Morgan fingerprint density at radius 1 is 1.04 bits per heavy atom. The highest BCUT2D eigenvalue weighted by atomic mass is 32.2. The Hall–Kier alpha value is -3.10. The Labute approximate surface area is 164 Å². The smallest absolute Gasteiger partial charge is 0.255 e. The summed E-state index contributed by atoms with van der Waals surface area (Å²) in [6, 6.07) is 15.4. The third kappa shape index (κ3) is 3.92. The Bertz CT molecular complexity index is 1090. The Kier molecular flexibility index (Phi) is 5.53. The van der Waals surface area contributed by atoms with Crippen molar-refractivity contribution >= 4 is 21.6 Å². The maximum absolute atomic E-state index is 12.7. The van der Waals surface area contributed by atoms with Gasteiger partial charge in [-0.15, -0.1) is 0 Å². The molecule has 0 bridgehead atoms. The van der Waals surface area contributed by atoms with E-state index in [1.165, 1.54) is 33.3 Å². The van der Waals surface area contributed by atoms with Crippen molar-refractivity contribution in [1.82, 2.24) is 8.87 Å². The molecule has 0 aliphatic heterocycles. The summed E-state index contributed by atoms with van der Waals surface area (Å²) in [5.74, 6) is -0.131. The van der Waals surface area contributed by atoms with Gasteiger partial charge in [0.25, 0.3) is 5.91 Å². The molecule has 0 spiro atoms. The van der Waals surface area contributed by atoms with Crippen LogP contribution in [0.4, 0.5) is 5.69 Å². The molecule has 0 radical (unpaired) electrons. The van der Waals surface area contributed by atoms with Crippen LogP contribution in [-0.2, 0) is 10.0 Å². The number of sulfonamides is 1. The summed E-state index contributed by atoms with van der Waals surface area (Å²) in [5.41, 5.74) is 1.67. The number of nitrogens with one attached hydrogen (secondary N) is 1. The molecule has 7 nitrogen and oxygen atoms in total. The van der Waals surface area contributed by atoms with E-state index in [-0.39, 0.29) is 16.6 Å². The first kappa shape index (κ1) is 19.7. The summed E-state index contributed by atoms with van der Waals surface area (Å²) < 4.78 is 33.2. The van der Waals surface area contributed by atoms with Crippen LogP contribution in [0.1, 0.15) is 10.4 Å². The minimum absolute atomic E-state index is 0.0149. The number of rotatable bonds is 6. The van der Waals surface area contributed by atoms with Crippen molar-refractivity contribution in [3.8, 4) is 11.4 Å². The van der Waals surface area contributed by atoms with Gasteiger partial charge in [-0.05, 0) is 48.5 Å². The van der Waals surface area contributed by atoms with Gasteiger partial charge >= 0.3 is 0 Å². The summed E-state index contributed by atoms with van der Waals surface area (Å²) >= 11 is 0. The molecule has 1 aromatic heterocycles. The highest BCUT2D eigenvalue weighted by Crippen LogP contribution is 2.29. The number of hydrogen-bond acceptors (Lipinski definition) is 4. The van der Waals surface area contributed by atoms with Crippen LogP contribution in [0.15, 0.2) is 71.9 Å². The first-order valence-electron chi connectivity index (χ1n) is 8.48. The fourth-order valence-corrected chi connectivity index (χ4v) is 3.75. The summed E-state index contributed by atoms with van der Waals surface area (Å²) in [4.78, 5) is 12.7. The number of anilines is 1. The molecule has 1 amide bonds. The second-order valence-corrected chi connectivity index (χ2v) is 8.37. The number of carbonyl (C=O) groups excluding carboxylic acids is 1. The SMILES string of the molecule is COc1ccc(NC(=O)c2cccc(-n3cccc3)c2)cc1S(=O)(=O)N(C)C. The van der Waals surface area contributed by atoms with Gasteiger partial charge < -0.3 is 14.6 Å². The van der Waals surface area contributed by atoms with Gasteiger partial charge in [-0.2, -0.15) is 0 Å². The first-order chi connectivity index (χ1) is 13.3. The van der Waals surface area contributed by atoms with Gasteiger partial charge in [0.15, 0.2) is 0 Å². The van der Waals surface area contributed by atoms with Crippen LogP contribution in [0.25, 0.3) is 5.69 Å². The van der Waals surface area contributed by atoms with Crippen molar-refractivity contribution in [3.05, 3.63) is 72.6 Å². The lowest BCUT2D eigenvalue weighted by atomic mass is 10.2. The second kappa shape index (κ2) is 7.87. The Morgan fingerprint density at radius 3 is 2.39 bits per heavy atom. The standard InChI is InChI=1S/C20H21N3O4S/c1-22(2)28(25,26)19-14-16(9-10-18(19)27-3)21-20(24)15-7-6-8-17(13-15)23-11-4-5-12-23/h4-14H,1-3H3,(H,21,24). The number of benzene rings is 2.